The van der Waals surface area contributed by atoms with Crippen LogP contribution < -0.4 is 10.6 Å². The number of nitrogens with one attached hydrogen (secondary N) is 2. The van der Waals surface area contributed by atoms with Crippen molar-refractivity contribution < 1.29 is 19.5 Å². The summed E-state index contributed by atoms with van der Waals surface area (Å²) in [6.07, 6.45) is 0.155. The number of carbonyl (C=O) groups excluding carboxylic acids is 2. The number of hydrogen-bond acceptors (Lipinski definition) is 3. The molecule has 0 saturated carbocycles. The molecule has 0 atom stereocenters. The van der Waals surface area contributed by atoms with Gasteiger partial charge in [0.25, 0.3) is 5.91 Å². The van der Waals surface area contributed by atoms with Crippen molar-refractivity contribution in [1.82, 2.24) is 5.32 Å². The molecule has 18 heavy (non-hydrogen) atoms. The van der Waals surface area contributed by atoms with Crippen LogP contribution in [0.25, 0.3) is 0 Å². The van der Waals surface area contributed by atoms with Gasteiger partial charge in [-0.15, -0.1) is 0 Å². The molecule has 0 unspecified atom stereocenters. The van der Waals surface area contributed by atoms with Gasteiger partial charge < -0.3 is 15.7 Å². The largest absolute Gasteiger partial charge is 0.481 e. The SMILES string of the molecule is O=C(O)CCNC(=O)c1ccc2c(c1)CC(=O)N2. The summed E-state index contributed by atoms with van der Waals surface area (Å²) < 4.78 is 0. The van der Waals surface area contributed by atoms with Gasteiger partial charge in [0, 0.05) is 17.8 Å². The molecule has 1 aliphatic rings. The monoisotopic (exact) mass is 248 g/mol. The molecule has 0 aromatic heterocycles. The van der Waals surface area contributed by atoms with E-state index in [1.165, 1.54) is 0 Å². The molecule has 2 rings (SSSR count). The van der Waals surface area contributed by atoms with Crippen LogP contribution in [0.3, 0.4) is 0 Å². The Kier molecular flexibility index (Phi) is 3.27. The molecular formula is C12H12N2O4. The Hall–Kier alpha value is -2.37. The predicted octanol–water partition coefficient (Wildman–Crippen LogP) is 0.386. The maximum atomic E-state index is 11.7. The van der Waals surface area contributed by atoms with Crippen LogP contribution in [-0.2, 0) is 16.0 Å². The molecule has 0 bridgehead atoms. The Bertz CT molecular complexity index is 525. The van der Waals surface area contributed by atoms with Crippen molar-refractivity contribution in [2.45, 2.75) is 12.8 Å². The molecule has 94 valence electrons. The molecule has 0 radical (unpaired) electrons. The smallest absolute Gasteiger partial charge is 0.305 e. The van der Waals surface area contributed by atoms with Crippen LogP contribution in [0, 0.1) is 0 Å². The van der Waals surface area contributed by atoms with Crippen LogP contribution in [0.15, 0.2) is 18.2 Å². The zero-order valence-corrected chi connectivity index (χ0v) is 9.53. The van der Waals surface area contributed by atoms with Gasteiger partial charge in [-0.25, -0.2) is 0 Å². The third kappa shape index (κ3) is 2.65. The zero-order valence-electron chi connectivity index (χ0n) is 9.53. The van der Waals surface area contributed by atoms with E-state index in [2.05, 4.69) is 10.6 Å². The molecule has 0 saturated heterocycles. The minimum Gasteiger partial charge on any atom is -0.481 e. The minimum absolute atomic E-state index is 0.0857. The molecule has 2 amide bonds. The average molecular weight is 248 g/mol. The van der Waals surface area contributed by atoms with Crippen molar-refractivity contribution in [2.75, 3.05) is 11.9 Å². The number of hydrogen-bond donors (Lipinski definition) is 3. The fraction of sp³-hybridized carbons (Fsp3) is 0.250. The average Bonchev–Trinajstić information content (AvgIpc) is 2.67. The van der Waals surface area contributed by atoms with E-state index in [0.29, 0.717) is 5.56 Å². The van der Waals surface area contributed by atoms with Gasteiger partial charge in [0.15, 0.2) is 0 Å². The number of aliphatic carboxylic acids is 1. The number of carboxylic acid groups (broad SMARTS) is 1. The van der Waals surface area contributed by atoms with Crippen molar-refractivity contribution in [3.8, 4) is 0 Å². The molecule has 1 heterocycles. The second kappa shape index (κ2) is 4.87. The summed E-state index contributed by atoms with van der Waals surface area (Å²) in [5.74, 6) is -1.38. The first kappa shape index (κ1) is 12.1. The van der Waals surface area contributed by atoms with E-state index in [4.69, 9.17) is 5.11 Å². The highest BCUT2D eigenvalue weighted by Crippen LogP contribution is 2.23. The van der Waals surface area contributed by atoms with Gasteiger partial charge in [0.2, 0.25) is 5.91 Å². The lowest BCUT2D eigenvalue weighted by molar-refractivity contribution is -0.136. The summed E-state index contributed by atoms with van der Waals surface area (Å²) in [5.41, 5.74) is 1.93. The third-order valence-corrected chi connectivity index (χ3v) is 2.62. The maximum absolute atomic E-state index is 11.7. The zero-order chi connectivity index (χ0) is 13.1. The molecule has 1 aliphatic heterocycles. The highest BCUT2D eigenvalue weighted by molar-refractivity contribution is 6.01. The summed E-state index contributed by atoms with van der Waals surface area (Å²) >= 11 is 0. The standard InChI is InChI=1S/C12H12N2O4/c15-10-6-8-5-7(1-2-9(8)14-10)12(18)13-4-3-11(16)17/h1-2,5H,3-4,6H2,(H,13,18)(H,14,15)(H,16,17). The first-order valence-corrected chi connectivity index (χ1v) is 5.49. The van der Waals surface area contributed by atoms with Gasteiger partial charge in [0.1, 0.15) is 0 Å². The fourth-order valence-electron chi connectivity index (χ4n) is 1.76. The van der Waals surface area contributed by atoms with E-state index in [0.717, 1.165) is 11.3 Å². The summed E-state index contributed by atoms with van der Waals surface area (Å²) in [5, 5.41) is 13.6. The highest BCUT2D eigenvalue weighted by Gasteiger charge is 2.18. The predicted molar refractivity (Wildman–Crippen MR) is 63.4 cm³/mol. The van der Waals surface area contributed by atoms with Crippen LogP contribution in [0.5, 0.6) is 0 Å². The molecule has 0 spiro atoms. The molecule has 3 N–H and O–H groups in total. The van der Waals surface area contributed by atoms with Gasteiger partial charge in [-0.05, 0) is 23.8 Å². The molecular weight excluding hydrogens is 236 g/mol. The second-order valence-corrected chi connectivity index (χ2v) is 4.00. The minimum atomic E-state index is -0.959. The Morgan fingerprint density at radius 2 is 2.17 bits per heavy atom. The third-order valence-electron chi connectivity index (χ3n) is 2.62. The Labute approximate surface area is 103 Å². The van der Waals surface area contributed by atoms with Crippen LogP contribution >= 0.6 is 0 Å². The van der Waals surface area contributed by atoms with Gasteiger partial charge >= 0.3 is 5.97 Å². The molecule has 1 aromatic rings. The summed E-state index contributed by atoms with van der Waals surface area (Å²) in [6.45, 7) is 0.0857. The molecule has 0 fully saturated rings. The number of carboxylic acids is 1. The number of fused-ring (bicyclic) bond motifs is 1. The lowest BCUT2D eigenvalue weighted by Gasteiger charge is -2.05. The number of benzene rings is 1. The maximum Gasteiger partial charge on any atom is 0.305 e. The van der Waals surface area contributed by atoms with Crippen molar-refractivity contribution >= 4 is 23.5 Å². The van der Waals surface area contributed by atoms with Crippen LogP contribution in [0.2, 0.25) is 0 Å². The Morgan fingerprint density at radius 1 is 1.39 bits per heavy atom. The van der Waals surface area contributed by atoms with Crippen molar-refractivity contribution in [3.63, 3.8) is 0 Å². The Morgan fingerprint density at radius 3 is 2.89 bits per heavy atom. The van der Waals surface area contributed by atoms with E-state index in [9.17, 15) is 14.4 Å². The van der Waals surface area contributed by atoms with Crippen molar-refractivity contribution in [3.05, 3.63) is 29.3 Å². The van der Waals surface area contributed by atoms with Gasteiger partial charge in [-0.3, -0.25) is 14.4 Å². The van der Waals surface area contributed by atoms with Crippen LogP contribution in [0.4, 0.5) is 5.69 Å². The molecule has 6 nitrogen and oxygen atoms in total. The highest BCUT2D eigenvalue weighted by atomic mass is 16.4. The number of anilines is 1. The topological polar surface area (TPSA) is 95.5 Å². The van der Waals surface area contributed by atoms with Crippen molar-refractivity contribution in [1.29, 1.82) is 0 Å². The summed E-state index contributed by atoms with van der Waals surface area (Å²) in [4.78, 5) is 33.2. The lowest BCUT2D eigenvalue weighted by Crippen LogP contribution is -2.26. The van der Waals surface area contributed by atoms with E-state index >= 15 is 0 Å². The number of carbonyl (C=O) groups is 3. The molecule has 0 aliphatic carbocycles. The molecule has 1 aromatic carbocycles. The first-order chi connectivity index (χ1) is 8.56. The van der Waals surface area contributed by atoms with E-state index in [1.807, 2.05) is 0 Å². The Balaban J connectivity index is 2.01. The summed E-state index contributed by atoms with van der Waals surface area (Å²) in [7, 11) is 0. The van der Waals surface area contributed by atoms with E-state index < -0.39 is 5.97 Å². The number of rotatable bonds is 4. The van der Waals surface area contributed by atoms with Gasteiger partial charge in [0.05, 0.1) is 12.8 Å². The quantitative estimate of drug-likeness (QED) is 0.718. The first-order valence-electron chi connectivity index (χ1n) is 5.49. The normalized spacial score (nSPS) is 12.8. The van der Waals surface area contributed by atoms with Crippen LogP contribution in [-0.4, -0.2) is 29.4 Å². The van der Waals surface area contributed by atoms with Crippen LogP contribution in [0.1, 0.15) is 22.3 Å². The van der Waals surface area contributed by atoms with Crippen molar-refractivity contribution in [2.24, 2.45) is 0 Å². The van der Waals surface area contributed by atoms with E-state index in [-0.39, 0.29) is 31.2 Å². The van der Waals surface area contributed by atoms with Gasteiger partial charge in [-0.1, -0.05) is 0 Å². The number of amides is 2. The van der Waals surface area contributed by atoms with E-state index in [1.54, 1.807) is 18.2 Å². The second-order valence-electron chi connectivity index (χ2n) is 4.00. The summed E-state index contributed by atoms with van der Waals surface area (Å²) in [6, 6.07) is 4.91. The fourth-order valence-corrected chi connectivity index (χ4v) is 1.76. The van der Waals surface area contributed by atoms with Gasteiger partial charge in [-0.2, -0.15) is 0 Å². The molecule has 6 heteroatoms. The lowest BCUT2D eigenvalue weighted by atomic mass is 10.1.